The molecule has 1 saturated heterocycles. The molecule has 1 aromatic heterocycles. The van der Waals surface area contributed by atoms with Crippen LogP contribution in [0, 0.1) is 0 Å². The molecule has 1 unspecified atom stereocenters. The number of carbonyl (C=O) groups is 1. The van der Waals surface area contributed by atoms with Crippen LogP contribution in [0.4, 0.5) is 0 Å². The molecule has 0 aliphatic carbocycles. The maximum Gasteiger partial charge on any atom is 0.237 e. The number of amides is 1. The van der Waals surface area contributed by atoms with Crippen molar-refractivity contribution in [3.8, 4) is 0 Å². The Labute approximate surface area is 124 Å². The summed E-state index contributed by atoms with van der Waals surface area (Å²) in [5, 5.41) is 0. The number of imidazole rings is 1. The number of nitrogens with zero attached hydrogens (tertiary/aromatic N) is 2. The lowest BCUT2D eigenvalue weighted by Crippen LogP contribution is -2.51. The van der Waals surface area contributed by atoms with Gasteiger partial charge in [0, 0.05) is 11.0 Å². The van der Waals surface area contributed by atoms with Gasteiger partial charge in [-0.15, -0.1) is 0 Å². The maximum atomic E-state index is 11.4. The number of nitrogens with one attached hydrogen (secondary N) is 1. The SMILES string of the molecule is NC(=O)C1COCCN1Cc1nc2ccc(Br)cc2[nH]1. The number of aromatic nitrogens is 2. The minimum absolute atomic E-state index is 0.348. The maximum absolute atomic E-state index is 11.4. The first kappa shape index (κ1) is 13.5. The van der Waals surface area contributed by atoms with Crippen molar-refractivity contribution in [3.63, 3.8) is 0 Å². The zero-order valence-corrected chi connectivity index (χ0v) is 12.4. The molecule has 3 N–H and O–H groups in total. The third kappa shape index (κ3) is 2.70. The van der Waals surface area contributed by atoms with E-state index in [2.05, 4.69) is 25.9 Å². The molecule has 1 amide bonds. The Bertz CT molecular complexity index is 642. The number of rotatable bonds is 3. The molecule has 2 heterocycles. The fraction of sp³-hybridized carbons (Fsp3) is 0.385. The fourth-order valence-electron chi connectivity index (χ4n) is 2.39. The van der Waals surface area contributed by atoms with E-state index in [0.717, 1.165) is 21.3 Å². The van der Waals surface area contributed by atoms with Crippen molar-refractivity contribution in [2.24, 2.45) is 5.73 Å². The molecule has 3 rings (SSSR count). The van der Waals surface area contributed by atoms with Crippen LogP contribution in [0.15, 0.2) is 22.7 Å². The van der Waals surface area contributed by atoms with E-state index in [1.54, 1.807) is 0 Å². The number of morpholine rings is 1. The third-order valence-corrected chi connectivity index (χ3v) is 3.91. The van der Waals surface area contributed by atoms with Crippen molar-refractivity contribution >= 4 is 32.9 Å². The highest BCUT2D eigenvalue weighted by Crippen LogP contribution is 2.19. The summed E-state index contributed by atoms with van der Waals surface area (Å²) in [6, 6.07) is 5.50. The van der Waals surface area contributed by atoms with E-state index in [1.165, 1.54) is 0 Å². The Morgan fingerprint density at radius 2 is 2.45 bits per heavy atom. The monoisotopic (exact) mass is 338 g/mol. The highest BCUT2D eigenvalue weighted by Gasteiger charge is 2.28. The summed E-state index contributed by atoms with van der Waals surface area (Å²) in [7, 11) is 0. The van der Waals surface area contributed by atoms with Crippen LogP contribution >= 0.6 is 15.9 Å². The molecule has 1 aliphatic rings. The lowest BCUT2D eigenvalue weighted by atomic mass is 10.2. The molecule has 0 saturated carbocycles. The van der Waals surface area contributed by atoms with Crippen molar-refractivity contribution < 1.29 is 9.53 Å². The third-order valence-electron chi connectivity index (χ3n) is 3.41. The first-order valence-electron chi connectivity index (χ1n) is 6.39. The summed E-state index contributed by atoms with van der Waals surface area (Å²) in [5.74, 6) is 0.467. The van der Waals surface area contributed by atoms with Gasteiger partial charge in [0.25, 0.3) is 0 Å². The van der Waals surface area contributed by atoms with Crippen LogP contribution in [0.25, 0.3) is 11.0 Å². The van der Waals surface area contributed by atoms with Crippen molar-refractivity contribution in [2.75, 3.05) is 19.8 Å². The van der Waals surface area contributed by atoms with Crippen LogP contribution < -0.4 is 5.73 Å². The van der Waals surface area contributed by atoms with Crippen LogP contribution in [0.3, 0.4) is 0 Å². The van der Waals surface area contributed by atoms with Crippen LogP contribution in [0.2, 0.25) is 0 Å². The largest absolute Gasteiger partial charge is 0.378 e. The van der Waals surface area contributed by atoms with Gasteiger partial charge in [0.05, 0.1) is 30.8 Å². The van der Waals surface area contributed by atoms with Gasteiger partial charge in [-0.1, -0.05) is 15.9 Å². The molecule has 106 valence electrons. The first-order chi connectivity index (χ1) is 9.63. The Morgan fingerprint density at radius 3 is 3.25 bits per heavy atom. The molecule has 2 aromatic rings. The molecule has 7 heteroatoms. The number of hydrogen-bond acceptors (Lipinski definition) is 4. The molecule has 20 heavy (non-hydrogen) atoms. The van der Waals surface area contributed by atoms with E-state index >= 15 is 0 Å². The average Bonchev–Trinajstić information content (AvgIpc) is 2.80. The predicted molar refractivity (Wildman–Crippen MR) is 78.0 cm³/mol. The number of primary amides is 1. The second-order valence-electron chi connectivity index (χ2n) is 4.81. The van der Waals surface area contributed by atoms with Crippen molar-refractivity contribution in [1.29, 1.82) is 0 Å². The number of H-pyrrole nitrogens is 1. The van der Waals surface area contributed by atoms with Gasteiger partial charge < -0.3 is 15.5 Å². The standard InChI is InChI=1S/C13H15BrN4O2/c14-8-1-2-9-10(5-8)17-12(16-9)6-18-3-4-20-7-11(18)13(15)19/h1-2,5,11H,3-4,6-7H2,(H2,15,19)(H,16,17). The number of aromatic amines is 1. The highest BCUT2D eigenvalue weighted by molar-refractivity contribution is 9.10. The molecule has 1 fully saturated rings. The Hall–Kier alpha value is -1.44. The van der Waals surface area contributed by atoms with Gasteiger partial charge in [-0.25, -0.2) is 4.98 Å². The van der Waals surface area contributed by atoms with Gasteiger partial charge in [0.15, 0.2) is 0 Å². The Balaban J connectivity index is 1.82. The van der Waals surface area contributed by atoms with Crippen LogP contribution in [0.5, 0.6) is 0 Å². The molecular weight excluding hydrogens is 324 g/mol. The molecule has 0 bridgehead atoms. The van der Waals surface area contributed by atoms with Gasteiger partial charge in [-0.3, -0.25) is 9.69 Å². The van der Waals surface area contributed by atoms with Gasteiger partial charge in [-0.2, -0.15) is 0 Å². The van der Waals surface area contributed by atoms with Gasteiger partial charge >= 0.3 is 0 Å². The topological polar surface area (TPSA) is 84.2 Å². The van der Waals surface area contributed by atoms with E-state index in [4.69, 9.17) is 10.5 Å². The zero-order valence-electron chi connectivity index (χ0n) is 10.8. The predicted octanol–water partition coefficient (Wildman–Crippen LogP) is 1.01. The van der Waals surface area contributed by atoms with E-state index in [-0.39, 0.29) is 11.9 Å². The Morgan fingerprint density at radius 1 is 1.60 bits per heavy atom. The molecule has 0 spiro atoms. The molecule has 0 radical (unpaired) electrons. The minimum atomic E-state index is -0.385. The van der Waals surface area contributed by atoms with E-state index in [0.29, 0.717) is 26.3 Å². The number of carbonyl (C=O) groups excluding carboxylic acids is 1. The lowest BCUT2D eigenvalue weighted by Gasteiger charge is -2.32. The van der Waals surface area contributed by atoms with Crippen molar-refractivity contribution in [1.82, 2.24) is 14.9 Å². The fourth-order valence-corrected chi connectivity index (χ4v) is 2.75. The quantitative estimate of drug-likeness (QED) is 0.874. The zero-order chi connectivity index (χ0) is 14.1. The summed E-state index contributed by atoms with van der Waals surface area (Å²) >= 11 is 3.43. The lowest BCUT2D eigenvalue weighted by molar-refractivity contribution is -0.129. The number of benzene rings is 1. The molecule has 6 nitrogen and oxygen atoms in total. The van der Waals surface area contributed by atoms with E-state index in [9.17, 15) is 4.79 Å². The second kappa shape index (κ2) is 5.51. The summed E-state index contributed by atoms with van der Waals surface area (Å²) in [6.45, 7) is 2.19. The number of halogens is 1. The highest BCUT2D eigenvalue weighted by atomic mass is 79.9. The summed E-state index contributed by atoms with van der Waals surface area (Å²) in [6.07, 6.45) is 0. The number of hydrogen-bond donors (Lipinski definition) is 2. The normalized spacial score (nSPS) is 20.4. The van der Waals surface area contributed by atoms with Crippen molar-refractivity contribution in [3.05, 3.63) is 28.5 Å². The molecular formula is C13H15BrN4O2. The van der Waals surface area contributed by atoms with Gasteiger partial charge in [-0.05, 0) is 18.2 Å². The number of fused-ring (bicyclic) bond motifs is 1. The second-order valence-corrected chi connectivity index (χ2v) is 5.72. The average molecular weight is 339 g/mol. The molecule has 1 atom stereocenters. The minimum Gasteiger partial charge on any atom is -0.378 e. The van der Waals surface area contributed by atoms with E-state index < -0.39 is 0 Å². The number of nitrogens with two attached hydrogens (primary N) is 1. The Kier molecular flexibility index (Phi) is 3.73. The summed E-state index contributed by atoms with van der Waals surface area (Å²) in [5.41, 5.74) is 7.29. The molecule has 1 aliphatic heterocycles. The summed E-state index contributed by atoms with van der Waals surface area (Å²) < 4.78 is 6.31. The van der Waals surface area contributed by atoms with Crippen LogP contribution in [-0.4, -0.2) is 46.6 Å². The smallest absolute Gasteiger partial charge is 0.237 e. The van der Waals surface area contributed by atoms with Gasteiger partial charge in [0.1, 0.15) is 11.9 Å². The van der Waals surface area contributed by atoms with Gasteiger partial charge in [0.2, 0.25) is 5.91 Å². The number of ether oxygens (including phenoxy) is 1. The summed E-state index contributed by atoms with van der Waals surface area (Å²) in [4.78, 5) is 21.2. The van der Waals surface area contributed by atoms with Crippen LogP contribution in [-0.2, 0) is 16.1 Å². The first-order valence-corrected chi connectivity index (χ1v) is 7.18. The van der Waals surface area contributed by atoms with Crippen LogP contribution in [0.1, 0.15) is 5.82 Å². The molecule has 1 aromatic carbocycles. The van der Waals surface area contributed by atoms with E-state index in [1.807, 2.05) is 23.1 Å². The van der Waals surface area contributed by atoms with Crippen molar-refractivity contribution in [2.45, 2.75) is 12.6 Å².